The van der Waals surface area contributed by atoms with Gasteiger partial charge in [0.15, 0.2) is 12.7 Å². The van der Waals surface area contributed by atoms with Crippen LogP contribution in [0.25, 0.3) is 0 Å². The van der Waals surface area contributed by atoms with Gasteiger partial charge in [0.25, 0.3) is 11.8 Å². The summed E-state index contributed by atoms with van der Waals surface area (Å²) < 4.78 is 38.5. The second kappa shape index (κ2) is 11.9. The number of benzene rings is 3. The molecule has 1 heterocycles. The number of nitrogens with one attached hydrogen (secondary N) is 2. The number of hydrogen-bond acceptors (Lipinski definition) is 6. The topological polar surface area (TPSA) is 114 Å². The van der Waals surface area contributed by atoms with Gasteiger partial charge < -0.3 is 19.7 Å². The van der Waals surface area contributed by atoms with Crippen molar-refractivity contribution in [2.24, 2.45) is 0 Å². The molecule has 1 aliphatic rings. The molecule has 0 unspecified atom stereocenters. The first-order chi connectivity index (χ1) is 17.9. The molecule has 2 N–H and O–H groups in total. The van der Waals surface area contributed by atoms with Gasteiger partial charge in [0.1, 0.15) is 11.5 Å². The van der Waals surface area contributed by atoms with Crippen LogP contribution in [-0.4, -0.2) is 46.0 Å². The van der Waals surface area contributed by atoms with Crippen molar-refractivity contribution in [3.8, 4) is 11.5 Å². The minimum Gasteiger partial charge on any atom is -0.484 e. The van der Waals surface area contributed by atoms with E-state index in [9.17, 15) is 18.0 Å². The predicted octanol–water partition coefficient (Wildman–Crippen LogP) is 2.86. The molecular weight excluding hydrogens is 494 g/mol. The number of para-hydroxylation sites is 2. The van der Waals surface area contributed by atoms with Crippen molar-refractivity contribution >= 4 is 27.5 Å². The third-order valence-corrected chi connectivity index (χ3v) is 7.19. The largest absolute Gasteiger partial charge is 0.484 e. The lowest BCUT2D eigenvalue weighted by atomic mass is 10.1. The van der Waals surface area contributed by atoms with E-state index in [1.54, 1.807) is 24.3 Å². The Kier molecular flexibility index (Phi) is 8.42. The van der Waals surface area contributed by atoms with Gasteiger partial charge in [-0.25, -0.2) is 13.1 Å². The third kappa shape index (κ3) is 6.66. The number of carbonyl (C=O) groups excluding carboxylic acids is 2. The average Bonchev–Trinajstić information content (AvgIpc) is 2.93. The van der Waals surface area contributed by atoms with E-state index in [1.807, 2.05) is 37.3 Å². The summed E-state index contributed by atoms with van der Waals surface area (Å²) in [5.74, 6) is 0.0843. The van der Waals surface area contributed by atoms with E-state index in [2.05, 4.69) is 10.0 Å². The first kappa shape index (κ1) is 26.2. The van der Waals surface area contributed by atoms with Crippen LogP contribution in [0.1, 0.15) is 18.9 Å². The zero-order valence-electron chi connectivity index (χ0n) is 20.4. The van der Waals surface area contributed by atoms with Gasteiger partial charge in [-0.2, -0.15) is 0 Å². The van der Waals surface area contributed by atoms with Gasteiger partial charge in [-0.15, -0.1) is 0 Å². The van der Waals surface area contributed by atoms with Crippen LogP contribution in [0.15, 0.2) is 83.8 Å². The molecule has 194 valence electrons. The van der Waals surface area contributed by atoms with Crippen molar-refractivity contribution in [3.05, 3.63) is 84.4 Å². The Bertz CT molecular complexity index is 1330. The molecule has 3 aromatic rings. The van der Waals surface area contributed by atoms with Gasteiger partial charge in [-0.05, 0) is 48.4 Å². The molecule has 1 atom stereocenters. The number of carbonyl (C=O) groups is 2. The highest BCUT2D eigenvalue weighted by Gasteiger charge is 2.33. The summed E-state index contributed by atoms with van der Waals surface area (Å²) in [5, 5.41) is 2.86. The number of fused-ring (bicyclic) bond motifs is 1. The van der Waals surface area contributed by atoms with Crippen LogP contribution in [0, 0.1) is 0 Å². The van der Waals surface area contributed by atoms with Crippen molar-refractivity contribution in [2.45, 2.75) is 30.9 Å². The molecule has 10 heteroatoms. The Morgan fingerprint density at radius 2 is 1.70 bits per heavy atom. The quantitative estimate of drug-likeness (QED) is 0.423. The zero-order chi connectivity index (χ0) is 26.3. The maximum Gasteiger partial charge on any atom is 0.265 e. The molecule has 3 aromatic carbocycles. The van der Waals surface area contributed by atoms with E-state index < -0.39 is 16.1 Å². The Morgan fingerprint density at radius 3 is 2.43 bits per heavy atom. The van der Waals surface area contributed by atoms with E-state index in [0.717, 1.165) is 5.56 Å². The first-order valence-corrected chi connectivity index (χ1v) is 13.5. The molecule has 2 amide bonds. The van der Waals surface area contributed by atoms with E-state index in [0.29, 0.717) is 36.7 Å². The molecular formula is C27H29N3O6S. The van der Waals surface area contributed by atoms with Crippen molar-refractivity contribution in [1.82, 2.24) is 10.0 Å². The average molecular weight is 524 g/mol. The highest BCUT2D eigenvalue weighted by Crippen LogP contribution is 2.33. The zero-order valence-corrected chi connectivity index (χ0v) is 21.2. The normalized spacial score (nSPS) is 14.8. The second-order valence-corrected chi connectivity index (χ2v) is 10.2. The molecule has 0 saturated heterocycles. The summed E-state index contributed by atoms with van der Waals surface area (Å²) in [7, 11) is -3.59. The molecule has 0 spiro atoms. The molecule has 0 aromatic heterocycles. The monoisotopic (exact) mass is 523 g/mol. The van der Waals surface area contributed by atoms with Gasteiger partial charge in [0.2, 0.25) is 10.0 Å². The summed E-state index contributed by atoms with van der Waals surface area (Å²) in [6.07, 6.45) is -0.203. The number of hydrogen-bond donors (Lipinski definition) is 2. The number of ether oxygens (including phenoxy) is 2. The van der Waals surface area contributed by atoms with Crippen molar-refractivity contribution in [1.29, 1.82) is 0 Å². The number of rotatable bonds is 10. The summed E-state index contributed by atoms with van der Waals surface area (Å²) in [4.78, 5) is 27.6. The highest BCUT2D eigenvalue weighted by molar-refractivity contribution is 7.89. The van der Waals surface area contributed by atoms with E-state index in [4.69, 9.17) is 9.47 Å². The van der Waals surface area contributed by atoms with E-state index in [1.165, 1.54) is 29.2 Å². The minimum absolute atomic E-state index is 0.0279. The minimum atomic E-state index is -3.59. The fraction of sp³-hybridized carbons (Fsp3) is 0.259. The molecule has 1 aliphatic heterocycles. The molecule has 0 fully saturated rings. The van der Waals surface area contributed by atoms with Crippen molar-refractivity contribution in [2.75, 3.05) is 24.6 Å². The van der Waals surface area contributed by atoms with Crippen molar-refractivity contribution in [3.63, 3.8) is 0 Å². The van der Waals surface area contributed by atoms with Crippen LogP contribution in [0.5, 0.6) is 11.5 Å². The second-order valence-electron chi connectivity index (χ2n) is 8.44. The summed E-state index contributed by atoms with van der Waals surface area (Å²) >= 11 is 0. The Labute approximate surface area is 216 Å². The lowest BCUT2D eigenvalue weighted by Crippen LogP contribution is -2.51. The van der Waals surface area contributed by atoms with Crippen LogP contribution >= 0.6 is 0 Å². The van der Waals surface area contributed by atoms with Crippen LogP contribution in [0.2, 0.25) is 0 Å². The fourth-order valence-electron chi connectivity index (χ4n) is 3.76. The fourth-order valence-corrected chi connectivity index (χ4v) is 4.90. The predicted molar refractivity (Wildman–Crippen MR) is 139 cm³/mol. The standard InChI is InChI=1S/C27H29N3O6S/c1-2-16-29-37(33,34)22-14-12-21(13-15-22)35-19-26(31)30-18-25(36-24-11-7-6-10-23(24)30)27(32)28-17-20-8-4-3-5-9-20/h3-15,25,29H,2,16-19H2,1H3,(H,28,32)/t25-/m1/s1. The number of sulfonamides is 1. The molecule has 0 bridgehead atoms. The van der Waals surface area contributed by atoms with Gasteiger partial charge >= 0.3 is 0 Å². The Hall–Kier alpha value is -3.89. The summed E-state index contributed by atoms with van der Waals surface area (Å²) in [6, 6.07) is 22.4. The number of nitrogens with zero attached hydrogens (tertiary/aromatic N) is 1. The lowest BCUT2D eigenvalue weighted by Gasteiger charge is -2.34. The summed E-state index contributed by atoms with van der Waals surface area (Å²) in [6.45, 7) is 2.30. The maximum absolute atomic E-state index is 13.1. The summed E-state index contributed by atoms with van der Waals surface area (Å²) in [5.41, 5.74) is 1.50. The molecule has 0 radical (unpaired) electrons. The van der Waals surface area contributed by atoms with Gasteiger partial charge in [0.05, 0.1) is 17.1 Å². The Morgan fingerprint density at radius 1 is 1.00 bits per heavy atom. The smallest absolute Gasteiger partial charge is 0.265 e. The SMILES string of the molecule is CCCNS(=O)(=O)c1ccc(OCC(=O)N2C[C@H](C(=O)NCc3ccccc3)Oc3ccccc32)cc1. The third-order valence-electron chi connectivity index (χ3n) is 5.72. The van der Waals surface area contributed by atoms with Crippen LogP contribution in [0.4, 0.5) is 5.69 Å². The molecule has 37 heavy (non-hydrogen) atoms. The first-order valence-electron chi connectivity index (χ1n) is 12.0. The van der Waals surface area contributed by atoms with Crippen LogP contribution in [0.3, 0.4) is 0 Å². The van der Waals surface area contributed by atoms with Crippen molar-refractivity contribution < 1.29 is 27.5 Å². The molecule has 0 aliphatic carbocycles. The van der Waals surface area contributed by atoms with Crippen LogP contribution in [-0.2, 0) is 26.2 Å². The van der Waals surface area contributed by atoms with Gasteiger partial charge in [-0.3, -0.25) is 9.59 Å². The lowest BCUT2D eigenvalue weighted by molar-refractivity contribution is -0.128. The molecule has 0 saturated carbocycles. The van der Waals surface area contributed by atoms with E-state index >= 15 is 0 Å². The van der Waals surface area contributed by atoms with E-state index in [-0.39, 0.29) is 29.9 Å². The molecule has 9 nitrogen and oxygen atoms in total. The highest BCUT2D eigenvalue weighted by atomic mass is 32.2. The maximum atomic E-state index is 13.1. The number of anilines is 1. The molecule has 4 rings (SSSR count). The number of amides is 2. The van der Waals surface area contributed by atoms with Gasteiger partial charge in [-0.1, -0.05) is 49.4 Å². The van der Waals surface area contributed by atoms with Gasteiger partial charge in [0, 0.05) is 13.1 Å². The van der Waals surface area contributed by atoms with Crippen LogP contribution < -0.4 is 24.4 Å². The Balaban J connectivity index is 1.40.